The second-order valence-corrected chi connectivity index (χ2v) is 7.72. The van der Waals surface area contributed by atoms with Crippen molar-refractivity contribution in [3.05, 3.63) is 71.0 Å². The SMILES string of the molecule is CC(C)(C)c1ccc(N2CC(C(F)(F)F)=CC(Cl)=C2n2cccc2)cc1. The second-order valence-electron chi connectivity index (χ2n) is 7.31. The maximum atomic E-state index is 13.3. The van der Waals surface area contributed by atoms with E-state index < -0.39 is 11.7 Å². The number of hydrogen-bond donors (Lipinski definition) is 0. The van der Waals surface area contributed by atoms with Gasteiger partial charge in [0.1, 0.15) is 5.82 Å². The molecule has 3 rings (SSSR count). The molecule has 2 heterocycles. The van der Waals surface area contributed by atoms with Crippen molar-refractivity contribution in [2.45, 2.75) is 32.4 Å². The first-order valence-electron chi connectivity index (χ1n) is 8.26. The molecule has 26 heavy (non-hydrogen) atoms. The molecule has 1 aromatic carbocycles. The molecule has 0 bridgehead atoms. The number of rotatable bonds is 2. The maximum absolute atomic E-state index is 13.3. The molecule has 0 unspecified atom stereocenters. The molecule has 0 atom stereocenters. The monoisotopic (exact) mass is 380 g/mol. The van der Waals surface area contributed by atoms with Crippen LogP contribution in [0.1, 0.15) is 26.3 Å². The summed E-state index contributed by atoms with van der Waals surface area (Å²) in [6, 6.07) is 11.2. The molecule has 1 aliphatic heterocycles. The summed E-state index contributed by atoms with van der Waals surface area (Å²) in [5.74, 6) is 0.508. The summed E-state index contributed by atoms with van der Waals surface area (Å²) in [7, 11) is 0. The van der Waals surface area contributed by atoms with E-state index in [2.05, 4.69) is 20.8 Å². The summed E-state index contributed by atoms with van der Waals surface area (Å²) in [5, 5.41) is 0.0553. The van der Waals surface area contributed by atoms with E-state index in [1.807, 2.05) is 24.3 Å². The van der Waals surface area contributed by atoms with Gasteiger partial charge in [0.15, 0.2) is 0 Å². The summed E-state index contributed by atoms with van der Waals surface area (Å²) in [6.45, 7) is 5.99. The van der Waals surface area contributed by atoms with Crippen molar-refractivity contribution in [1.29, 1.82) is 0 Å². The lowest BCUT2D eigenvalue weighted by Crippen LogP contribution is -2.34. The zero-order chi connectivity index (χ0) is 19.1. The first-order valence-corrected chi connectivity index (χ1v) is 8.64. The van der Waals surface area contributed by atoms with E-state index in [1.54, 1.807) is 34.0 Å². The van der Waals surface area contributed by atoms with Gasteiger partial charge in [-0.3, -0.25) is 0 Å². The van der Waals surface area contributed by atoms with Crippen LogP contribution < -0.4 is 4.90 Å². The molecule has 0 aliphatic carbocycles. The third-order valence-electron chi connectivity index (χ3n) is 4.36. The van der Waals surface area contributed by atoms with Gasteiger partial charge in [-0.15, -0.1) is 0 Å². The van der Waals surface area contributed by atoms with Crippen molar-refractivity contribution >= 4 is 23.1 Å². The molecule has 0 fully saturated rings. The molecular weight excluding hydrogens is 361 g/mol. The van der Waals surface area contributed by atoms with E-state index >= 15 is 0 Å². The van der Waals surface area contributed by atoms with Crippen LogP contribution in [-0.2, 0) is 5.41 Å². The van der Waals surface area contributed by atoms with Gasteiger partial charge in [0.05, 0.1) is 17.2 Å². The number of allylic oxidation sites excluding steroid dienone is 2. The van der Waals surface area contributed by atoms with E-state index in [0.29, 0.717) is 11.5 Å². The number of alkyl halides is 3. The predicted molar refractivity (Wildman–Crippen MR) is 100 cm³/mol. The van der Waals surface area contributed by atoms with E-state index in [4.69, 9.17) is 11.6 Å². The Balaban J connectivity index is 2.08. The lowest BCUT2D eigenvalue weighted by Gasteiger charge is -2.33. The normalized spacial score (nSPS) is 16.1. The van der Waals surface area contributed by atoms with Crippen LogP contribution in [0.15, 0.2) is 65.5 Å². The van der Waals surface area contributed by atoms with Gasteiger partial charge >= 0.3 is 6.18 Å². The number of benzene rings is 1. The zero-order valence-electron chi connectivity index (χ0n) is 14.8. The highest BCUT2D eigenvalue weighted by Crippen LogP contribution is 2.38. The molecule has 0 N–H and O–H groups in total. The Kier molecular flexibility index (Phi) is 4.69. The zero-order valence-corrected chi connectivity index (χ0v) is 15.6. The van der Waals surface area contributed by atoms with E-state index in [-0.39, 0.29) is 17.0 Å². The minimum absolute atomic E-state index is 0.0335. The Morgan fingerprint density at radius 2 is 1.54 bits per heavy atom. The highest BCUT2D eigenvalue weighted by molar-refractivity contribution is 6.34. The fraction of sp³-hybridized carbons (Fsp3) is 0.300. The molecule has 0 amide bonds. The van der Waals surface area contributed by atoms with Crippen LogP contribution in [0.4, 0.5) is 18.9 Å². The van der Waals surface area contributed by atoms with Crippen molar-refractivity contribution in [3.8, 4) is 0 Å². The summed E-state index contributed by atoms with van der Waals surface area (Å²) < 4.78 is 41.7. The minimum Gasteiger partial charge on any atom is -0.322 e. The molecule has 0 radical (unpaired) electrons. The average Bonchev–Trinajstić information content (AvgIpc) is 3.06. The molecule has 138 valence electrons. The Labute approximate surface area is 156 Å². The quantitative estimate of drug-likeness (QED) is 0.605. The number of nitrogens with zero attached hydrogens (tertiary/aromatic N) is 2. The summed E-state index contributed by atoms with van der Waals surface area (Å²) in [4.78, 5) is 1.59. The lowest BCUT2D eigenvalue weighted by molar-refractivity contribution is -0.0923. The first-order chi connectivity index (χ1) is 12.1. The van der Waals surface area contributed by atoms with Crippen LogP contribution in [0.5, 0.6) is 0 Å². The van der Waals surface area contributed by atoms with Gasteiger partial charge in [0.2, 0.25) is 0 Å². The van der Waals surface area contributed by atoms with E-state index in [1.165, 1.54) is 0 Å². The van der Waals surface area contributed by atoms with Crippen LogP contribution >= 0.6 is 11.6 Å². The third-order valence-corrected chi connectivity index (χ3v) is 4.63. The Bertz CT molecular complexity index is 839. The summed E-state index contributed by atoms with van der Waals surface area (Å²) >= 11 is 6.26. The maximum Gasteiger partial charge on any atom is 0.414 e. The molecule has 2 aromatic rings. The van der Waals surface area contributed by atoms with Crippen LogP contribution in [0, 0.1) is 0 Å². The van der Waals surface area contributed by atoms with Gasteiger partial charge in [0.25, 0.3) is 0 Å². The molecule has 0 spiro atoms. The van der Waals surface area contributed by atoms with Crippen molar-refractivity contribution in [2.24, 2.45) is 0 Å². The summed E-state index contributed by atoms with van der Waals surface area (Å²) in [6.07, 6.45) is 0.115. The van der Waals surface area contributed by atoms with E-state index in [9.17, 15) is 13.2 Å². The highest BCUT2D eigenvalue weighted by Gasteiger charge is 2.38. The van der Waals surface area contributed by atoms with Crippen LogP contribution in [-0.4, -0.2) is 17.3 Å². The largest absolute Gasteiger partial charge is 0.414 e. The number of anilines is 1. The Hall–Kier alpha value is -2.14. The fourth-order valence-corrected chi connectivity index (χ4v) is 3.23. The highest BCUT2D eigenvalue weighted by atomic mass is 35.5. The Morgan fingerprint density at radius 1 is 0.962 bits per heavy atom. The molecule has 2 nitrogen and oxygen atoms in total. The Morgan fingerprint density at radius 3 is 2.04 bits per heavy atom. The topological polar surface area (TPSA) is 8.17 Å². The standard InChI is InChI=1S/C20H20ClF3N2/c1-19(2,3)14-6-8-16(9-7-14)26-13-15(20(22,23)24)12-17(21)18(26)25-10-4-5-11-25/h4-12H,13H2,1-3H3. The average molecular weight is 381 g/mol. The van der Waals surface area contributed by atoms with Crippen molar-refractivity contribution < 1.29 is 13.2 Å². The second kappa shape index (κ2) is 6.54. The van der Waals surface area contributed by atoms with Crippen molar-refractivity contribution in [1.82, 2.24) is 4.57 Å². The molecule has 1 aromatic heterocycles. The first kappa shape index (κ1) is 18.6. The smallest absolute Gasteiger partial charge is 0.322 e. The van der Waals surface area contributed by atoms with Crippen molar-refractivity contribution in [3.63, 3.8) is 0 Å². The van der Waals surface area contributed by atoms with Gasteiger partial charge in [-0.1, -0.05) is 44.5 Å². The van der Waals surface area contributed by atoms with Gasteiger partial charge in [0, 0.05) is 18.1 Å². The van der Waals surface area contributed by atoms with Gasteiger partial charge in [-0.2, -0.15) is 13.2 Å². The third kappa shape index (κ3) is 3.68. The number of hydrogen-bond acceptors (Lipinski definition) is 1. The molecule has 1 aliphatic rings. The molecule has 6 heteroatoms. The van der Waals surface area contributed by atoms with Gasteiger partial charge < -0.3 is 9.47 Å². The number of halogens is 4. The lowest BCUT2D eigenvalue weighted by atomic mass is 9.87. The van der Waals surface area contributed by atoms with Gasteiger partial charge in [-0.05, 0) is 41.3 Å². The fourth-order valence-electron chi connectivity index (χ4n) is 2.90. The number of aromatic nitrogens is 1. The predicted octanol–water partition coefficient (Wildman–Crippen LogP) is 6.16. The van der Waals surface area contributed by atoms with Crippen LogP contribution in [0.3, 0.4) is 0 Å². The minimum atomic E-state index is -4.42. The molecule has 0 saturated heterocycles. The van der Waals surface area contributed by atoms with Crippen molar-refractivity contribution in [2.75, 3.05) is 11.4 Å². The van der Waals surface area contributed by atoms with Crippen LogP contribution in [0.2, 0.25) is 0 Å². The summed E-state index contributed by atoms with van der Waals surface area (Å²) in [5.41, 5.74) is 1.07. The van der Waals surface area contributed by atoms with Crippen LogP contribution in [0.25, 0.3) is 5.82 Å². The van der Waals surface area contributed by atoms with E-state index in [0.717, 1.165) is 11.6 Å². The molecule has 0 saturated carbocycles. The molecular formula is C20H20ClF3N2. The van der Waals surface area contributed by atoms with Gasteiger partial charge in [-0.25, -0.2) is 0 Å².